The van der Waals surface area contributed by atoms with E-state index in [1.54, 1.807) is 0 Å². The van der Waals surface area contributed by atoms with Crippen molar-refractivity contribution in [2.75, 3.05) is 32.8 Å². The van der Waals surface area contributed by atoms with Gasteiger partial charge < -0.3 is 14.4 Å². The van der Waals surface area contributed by atoms with E-state index in [1.807, 2.05) is 0 Å². The van der Waals surface area contributed by atoms with Crippen LogP contribution in [0.25, 0.3) is 0 Å². The maximum atomic E-state index is 5.43. The lowest BCUT2D eigenvalue weighted by Gasteiger charge is -2.20. The molecule has 2 rings (SSSR count). The van der Waals surface area contributed by atoms with Crippen molar-refractivity contribution >= 4 is 0 Å². The molecule has 14 heavy (non-hydrogen) atoms. The summed E-state index contributed by atoms with van der Waals surface area (Å²) in [6, 6.07) is 0. The van der Waals surface area contributed by atoms with Crippen molar-refractivity contribution in [3.63, 3.8) is 0 Å². The molecule has 2 saturated heterocycles. The topological polar surface area (TPSA) is 21.7 Å². The highest BCUT2D eigenvalue weighted by molar-refractivity contribution is 4.65. The van der Waals surface area contributed by atoms with Crippen LogP contribution in [0.5, 0.6) is 0 Å². The maximum Gasteiger partial charge on any atom is 0.159 e. The van der Waals surface area contributed by atoms with Crippen molar-refractivity contribution in [1.82, 2.24) is 4.90 Å². The van der Waals surface area contributed by atoms with Crippen LogP contribution in [0.3, 0.4) is 0 Å². The minimum Gasteiger partial charge on any atom is -0.350 e. The second kappa shape index (κ2) is 5.69. The first-order valence-corrected chi connectivity index (χ1v) is 5.91. The van der Waals surface area contributed by atoms with Gasteiger partial charge in [-0.05, 0) is 25.9 Å². The van der Waals surface area contributed by atoms with Gasteiger partial charge in [0.2, 0.25) is 0 Å². The van der Waals surface area contributed by atoms with Crippen LogP contribution in [-0.4, -0.2) is 44.0 Å². The van der Waals surface area contributed by atoms with Gasteiger partial charge >= 0.3 is 0 Å². The molecule has 3 heteroatoms. The largest absolute Gasteiger partial charge is 0.350 e. The van der Waals surface area contributed by atoms with Gasteiger partial charge in [0.15, 0.2) is 6.29 Å². The van der Waals surface area contributed by atoms with Crippen molar-refractivity contribution < 1.29 is 9.47 Å². The van der Waals surface area contributed by atoms with Crippen molar-refractivity contribution in [2.45, 2.75) is 38.4 Å². The minimum absolute atomic E-state index is 0.0817. The Morgan fingerprint density at radius 2 is 1.57 bits per heavy atom. The fourth-order valence-electron chi connectivity index (χ4n) is 2.22. The van der Waals surface area contributed by atoms with E-state index in [2.05, 4.69) is 4.90 Å². The molecule has 0 bridgehead atoms. The highest BCUT2D eigenvalue weighted by Gasteiger charge is 2.17. The van der Waals surface area contributed by atoms with E-state index >= 15 is 0 Å². The van der Waals surface area contributed by atoms with Crippen molar-refractivity contribution in [3.05, 3.63) is 0 Å². The predicted octanol–water partition coefficient (Wildman–Crippen LogP) is 1.63. The molecule has 2 aliphatic heterocycles. The Kier molecular flexibility index (Phi) is 4.22. The van der Waals surface area contributed by atoms with Crippen LogP contribution < -0.4 is 0 Å². The molecule has 2 heterocycles. The quantitative estimate of drug-likeness (QED) is 0.689. The number of hydrogen-bond donors (Lipinski definition) is 0. The average Bonchev–Trinajstić information content (AvgIpc) is 2.58. The molecule has 2 aliphatic rings. The minimum atomic E-state index is 0.0817. The number of ether oxygens (including phenoxy) is 2. The molecule has 0 spiro atoms. The van der Waals surface area contributed by atoms with E-state index in [9.17, 15) is 0 Å². The lowest BCUT2D eigenvalue weighted by molar-refractivity contribution is -0.0513. The van der Waals surface area contributed by atoms with Crippen molar-refractivity contribution in [3.8, 4) is 0 Å². The fraction of sp³-hybridized carbons (Fsp3) is 1.00. The van der Waals surface area contributed by atoms with E-state index in [1.165, 1.54) is 38.8 Å². The summed E-state index contributed by atoms with van der Waals surface area (Å²) >= 11 is 0. The normalized spacial score (nSPS) is 26.6. The lowest BCUT2D eigenvalue weighted by Crippen LogP contribution is -2.28. The highest BCUT2D eigenvalue weighted by Crippen LogP contribution is 2.13. The summed E-state index contributed by atoms with van der Waals surface area (Å²) in [5.74, 6) is 0. The first-order valence-electron chi connectivity index (χ1n) is 5.91. The molecule has 0 aliphatic carbocycles. The van der Waals surface area contributed by atoms with Crippen LogP contribution in [0.1, 0.15) is 32.1 Å². The van der Waals surface area contributed by atoms with Crippen molar-refractivity contribution in [1.29, 1.82) is 0 Å². The Morgan fingerprint density at radius 1 is 0.929 bits per heavy atom. The van der Waals surface area contributed by atoms with Crippen LogP contribution in [0.2, 0.25) is 0 Å². The second-order valence-corrected chi connectivity index (χ2v) is 4.22. The molecule has 0 unspecified atom stereocenters. The van der Waals surface area contributed by atoms with Gasteiger partial charge in [-0.3, -0.25) is 0 Å². The maximum absolute atomic E-state index is 5.43. The predicted molar refractivity (Wildman–Crippen MR) is 55.2 cm³/mol. The molecule has 0 aromatic heterocycles. The second-order valence-electron chi connectivity index (χ2n) is 4.22. The molecule has 0 aromatic rings. The van der Waals surface area contributed by atoms with Gasteiger partial charge in [0.25, 0.3) is 0 Å². The molecule has 0 N–H and O–H groups in total. The summed E-state index contributed by atoms with van der Waals surface area (Å²) < 4.78 is 10.9. The Labute approximate surface area is 86.4 Å². The smallest absolute Gasteiger partial charge is 0.159 e. The number of hydrogen-bond acceptors (Lipinski definition) is 3. The van der Waals surface area contributed by atoms with Gasteiger partial charge in [-0.25, -0.2) is 0 Å². The molecule has 0 radical (unpaired) electrons. The summed E-state index contributed by atoms with van der Waals surface area (Å²) in [6.45, 7) is 5.25. The van der Waals surface area contributed by atoms with E-state index in [-0.39, 0.29) is 6.29 Å². The van der Waals surface area contributed by atoms with Gasteiger partial charge in [-0.15, -0.1) is 0 Å². The summed E-state index contributed by atoms with van der Waals surface area (Å²) in [6.07, 6.45) is 6.68. The van der Waals surface area contributed by atoms with Crippen LogP contribution in [0, 0.1) is 0 Å². The molecular weight excluding hydrogens is 178 g/mol. The van der Waals surface area contributed by atoms with Crippen molar-refractivity contribution in [2.24, 2.45) is 0 Å². The third-order valence-corrected chi connectivity index (χ3v) is 3.07. The third kappa shape index (κ3) is 3.23. The molecule has 2 fully saturated rings. The Morgan fingerprint density at radius 3 is 2.21 bits per heavy atom. The first-order chi connectivity index (χ1) is 6.95. The van der Waals surface area contributed by atoms with Gasteiger partial charge in [0.1, 0.15) is 0 Å². The Bertz CT molecular complexity index is 149. The summed E-state index contributed by atoms with van der Waals surface area (Å²) in [5.41, 5.74) is 0. The zero-order valence-corrected chi connectivity index (χ0v) is 8.91. The zero-order valence-electron chi connectivity index (χ0n) is 8.91. The Balaban J connectivity index is 1.62. The van der Waals surface area contributed by atoms with Gasteiger partial charge in [0.05, 0.1) is 13.2 Å². The lowest BCUT2D eigenvalue weighted by atomic mass is 10.2. The molecular formula is C11H21NO2. The van der Waals surface area contributed by atoms with Gasteiger partial charge in [-0.2, -0.15) is 0 Å². The monoisotopic (exact) mass is 199 g/mol. The van der Waals surface area contributed by atoms with E-state index in [0.29, 0.717) is 0 Å². The first kappa shape index (κ1) is 10.4. The molecule has 82 valence electrons. The van der Waals surface area contributed by atoms with E-state index in [4.69, 9.17) is 9.47 Å². The highest BCUT2D eigenvalue weighted by atomic mass is 16.7. The Hall–Kier alpha value is -0.120. The molecule has 0 saturated carbocycles. The number of likely N-dealkylation sites (tertiary alicyclic amines) is 1. The summed E-state index contributed by atoms with van der Waals surface area (Å²) in [5, 5.41) is 0. The SMILES string of the molecule is C1CCCN(CCC2OCCO2)CC1. The molecule has 0 amide bonds. The van der Waals surface area contributed by atoms with E-state index in [0.717, 1.165) is 26.2 Å². The summed E-state index contributed by atoms with van der Waals surface area (Å²) in [7, 11) is 0. The molecule has 3 nitrogen and oxygen atoms in total. The van der Waals surface area contributed by atoms with Crippen LogP contribution in [0.4, 0.5) is 0 Å². The molecule has 0 aromatic carbocycles. The van der Waals surface area contributed by atoms with Crippen LogP contribution >= 0.6 is 0 Å². The van der Waals surface area contributed by atoms with E-state index < -0.39 is 0 Å². The van der Waals surface area contributed by atoms with Gasteiger partial charge in [-0.1, -0.05) is 12.8 Å². The number of nitrogens with zero attached hydrogens (tertiary/aromatic N) is 1. The summed E-state index contributed by atoms with van der Waals surface area (Å²) in [4.78, 5) is 2.55. The zero-order chi connectivity index (χ0) is 9.64. The third-order valence-electron chi connectivity index (χ3n) is 3.07. The number of rotatable bonds is 3. The molecule has 0 atom stereocenters. The fourth-order valence-corrected chi connectivity index (χ4v) is 2.22. The standard InChI is InChI=1S/C11H21NO2/c1-2-4-7-12(6-3-1)8-5-11-13-9-10-14-11/h11H,1-10H2. The average molecular weight is 199 g/mol. The van der Waals surface area contributed by atoms with Crippen LogP contribution in [-0.2, 0) is 9.47 Å². The van der Waals surface area contributed by atoms with Gasteiger partial charge in [0, 0.05) is 13.0 Å². The van der Waals surface area contributed by atoms with Crippen LogP contribution in [0.15, 0.2) is 0 Å².